The molecular weight excluding hydrogens is 548 g/mol. The Morgan fingerprint density at radius 1 is 1.05 bits per heavy atom. The normalized spacial score (nSPS) is 23.0. The number of nitrogens with two attached hydrogens (primary N) is 1. The summed E-state index contributed by atoms with van der Waals surface area (Å²) in [5.41, 5.74) is 5.97. The SMILES string of the molecule is CO[C@H]1CC[C@H](c2nc3c(C4CCN(C(=O)c5ccc(S(F)(F)(F)(F)F)cc5N)CC4)c(F)cnc3[nH]2)CC1. The molecule has 214 valence electrons. The van der Waals surface area contributed by atoms with E-state index in [1.807, 2.05) is 0 Å². The van der Waals surface area contributed by atoms with Gasteiger partial charge < -0.3 is 20.4 Å². The number of likely N-dealkylation sites (tertiary alicyclic amines) is 1. The van der Waals surface area contributed by atoms with Crippen LogP contribution < -0.4 is 5.73 Å². The van der Waals surface area contributed by atoms with Crippen LogP contribution in [0.4, 0.5) is 29.5 Å². The van der Waals surface area contributed by atoms with Gasteiger partial charge in [-0.3, -0.25) is 4.79 Å². The molecule has 1 amide bonds. The van der Waals surface area contributed by atoms with Crippen molar-refractivity contribution in [1.82, 2.24) is 19.9 Å². The molecule has 0 radical (unpaired) electrons. The molecule has 1 saturated heterocycles. The molecule has 3 aromatic rings. The third kappa shape index (κ3) is 5.53. The number of imidazole rings is 1. The number of methoxy groups -OCH3 is 1. The number of amides is 1. The van der Waals surface area contributed by atoms with E-state index in [0.717, 1.165) is 37.7 Å². The van der Waals surface area contributed by atoms with Crippen molar-refractivity contribution in [2.75, 3.05) is 25.9 Å². The molecule has 0 unspecified atom stereocenters. The van der Waals surface area contributed by atoms with Crippen LogP contribution >= 0.6 is 10.2 Å². The zero-order valence-electron chi connectivity index (χ0n) is 21.1. The molecule has 39 heavy (non-hydrogen) atoms. The highest BCUT2D eigenvalue weighted by Gasteiger charge is 2.65. The maximum Gasteiger partial charge on any atom is 0.310 e. The van der Waals surface area contributed by atoms with Crippen LogP contribution in [0.5, 0.6) is 0 Å². The molecule has 14 heteroatoms. The van der Waals surface area contributed by atoms with Crippen LogP contribution in [0.15, 0.2) is 29.3 Å². The van der Waals surface area contributed by atoms with Crippen LogP contribution in [0.1, 0.15) is 72.1 Å². The van der Waals surface area contributed by atoms with Crippen molar-refractivity contribution in [3.8, 4) is 0 Å². The van der Waals surface area contributed by atoms with Gasteiger partial charge in [-0.2, -0.15) is 0 Å². The molecule has 5 rings (SSSR count). The second kappa shape index (κ2) is 9.01. The Morgan fingerprint density at radius 2 is 1.72 bits per heavy atom. The van der Waals surface area contributed by atoms with Crippen molar-refractivity contribution < 1.29 is 33.4 Å². The number of aromatic nitrogens is 3. The summed E-state index contributed by atoms with van der Waals surface area (Å²) >= 11 is 0. The summed E-state index contributed by atoms with van der Waals surface area (Å²) in [6, 6.07) is 0.952. The first-order valence-corrected chi connectivity index (χ1v) is 14.6. The number of nitrogens with one attached hydrogen (secondary N) is 1. The molecule has 1 aliphatic carbocycles. The van der Waals surface area contributed by atoms with Crippen molar-refractivity contribution in [3.05, 3.63) is 47.2 Å². The van der Waals surface area contributed by atoms with Gasteiger partial charge in [-0.05, 0) is 62.6 Å². The fourth-order valence-corrected chi connectivity index (χ4v) is 6.31. The number of carbonyl (C=O) groups is 1. The van der Waals surface area contributed by atoms with E-state index in [0.29, 0.717) is 35.6 Å². The fourth-order valence-electron chi connectivity index (χ4n) is 5.64. The first-order chi connectivity index (χ1) is 18.1. The van der Waals surface area contributed by atoms with Crippen LogP contribution in [0.2, 0.25) is 0 Å². The number of carbonyl (C=O) groups excluding carboxylic acids is 1. The lowest BCUT2D eigenvalue weighted by atomic mass is 9.87. The number of ether oxygens (including phenoxy) is 1. The highest BCUT2D eigenvalue weighted by Crippen LogP contribution is 3.02. The third-order valence-electron chi connectivity index (χ3n) is 7.81. The highest BCUT2D eigenvalue weighted by atomic mass is 32.5. The van der Waals surface area contributed by atoms with Crippen molar-refractivity contribution in [2.45, 2.75) is 61.4 Å². The van der Waals surface area contributed by atoms with Crippen molar-refractivity contribution >= 4 is 33.0 Å². The van der Waals surface area contributed by atoms with E-state index in [1.54, 1.807) is 7.11 Å². The van der Waals surface area contributed by atoms with E-state index >= 15 is 4.39 Å². The average molecular weight is 578 g/mol. The number of nitrogens with zero attached hydrogens (tertiary/aromatic N) is 3. The number of hydrogen-bond acceptors (Lipinski definition) is 5. The zero-order valence-corrected chi connectivity index (χ0v) is 21.9. The number of hydrogen-bond donors (Lipinski definition) is 2. The predicted octanol–water partition coefficient (Wildman–Crippen LogP) is 7.03. The van der Waals surface area contributed by atoms with Crippen LogP contribution in [0.3, 0.4) is 0 Å². The maximum atomic E-state index is 15.0. The number of piperidine rings is 1. The largest absolute Gasteiger partial charge is 0.398 e. The highest BCUT2D eigenvalue weighted by molar-refractivity contribution is 8.45. The summed E-state index contributed by atoms with van der Waals surface area (Å²) in [7, 11) is -8.23. The molecule has 7 nitrogen and oxygen atoms in total. The number of nitrogen functional groups attached to an aromatic ring is 1. The lowest BCUT2D eigenvalue weighted by Crippen LogP contribution is -2.38. The number of benzene rings is 1. The number of pyridine rings is 1. The van der Waals surface area contributed by atoms with Crippen molar-refractivity contribution in [1.29, 1.82) is 0 Å². The predicted molar refractivity (Wildman–Crippen MR) is 136 cm³/mol. The average Bonchev–Trinajstić information content (AvgIpc) is 3.31. The minimum Gasteiger partial charge on any atom is -0.398 e. The summed E-state index contributed by atoms with van der Waals surface area (Å²) in [5, 5.41) is 0. The molecule has 2 fully saturated rings. The second-order valence-electron chi connectivity index (χ2n) is 10.3. The molecule has 2 aliphatic rings. The second-order valence-corrected chi connectivity index (χ2v) is 12.7. The molecule has 1 saturated carbocycles. The fraction of sp³-hybridized carbons (Fsp3) is 0.480. The Balaban J connectivity index is 1.32. The quantitative estimate of drug-likeness (QED) is 0.251. The number of fused-ring (bicyclic) bond motifs is 1. The number of rotatable bonds is 5. The van der Waals surface area contributed by atoms with Gasteiger partial charge in [-0.1, -0.05) is 19.4 Å². The summed E-state index contributed by atoms with van der Waals surface area (Å²) in [6.45, 7) is 0.349. The van der Waals surface area contributed by atoms with Gasteiger partial charge in [0.2, 0.25) is 0 Å². The van der Waals surface area contributed by atoms with Gasteiger partial charge in [0.25, 0.3) is 5.91 Å². The van der Waals surface area contributed by atoms with Gasteiger partial charge in [0.1, 0.15) is 22.1 Å². The van der Waals surface area contributed by atoms with Crippen LogP contribution in [0.25, 0.3) is 11.2 Å². The number of anilines is 1. The van der Waals surface area contributed by atoms with Gasteiger partial charge in [0, 0.05) is 37.4 Å². The molecule has 1 aliphatic heterocycles. The van der Waals surface area contributed by atoms with E-state index in [9.17, 15) is 24.2 Å². The van der Waals surface area contributed by atoms with Crippen LogP contribution in [-0.4, -0.2) is 52.1 Å². The summed E-state index contributed by atoms with van der Waals surface area (Å²) in [4.78, 5) is 24.3. The Kier molecular flexibility index (Phi) is 6.37. The molecule has 2 aromatic heterocycles. The Labute approximate surface area is 220 Å². The lowest BCUT2D eigenvalue weighted by Gasteiger charge is -2.40. The van der Waals surface area contributed by atoms with E-state index in [4.69, 9.17) is 15.5 Å². The third-order valence-corrected chi connectivity index (χ3v) is 8.95. The maximum absolute atomic E-state index is 15.0. The lowest BCUT2D eigenvalue weighted by molar-refractivity contribution is 0.0652. The van der Waals surface area contributed by atoms with E-state index in [-0.39, 0.29) is 48.7 Å². The summed E-state index contributed by atoms with van der Waals surface area (Å²) in [5.74, 6) is -0.486. The molecule has 0 spiro atoms. The van der Waals surface area contributed by atoms with Gasteiger partial charge in [-0.15, -0.1) is 0 Å². The smallest absolute Gasteiger partial charge is 0.310 e. The topological polar surface area (TPSA) is 97.1 Å². The Morgan fingerprint density at radius 3 is 2.31 bits per heavy atom. The minimum absolute atomic E-state index is 0.0987. The molecule has 3 N–H and O–H groups in total. The van der Waals surface area contributed by atoms with Gasteiger partial charge in [0.15, 0.2) is 5.65 Å². The van der Waals surface area contributed by atoms with Gasteiger partial charge in [-0.25, -0.2) is 14.4 Å². The Bertz CT molecular complexity index is 1420. The zero-order chi connectivity index (χ0) is 28.2. The number of halogens is 6. The van der Waals surface area contributed by atoms with Crippen molar-refractivity contribution in [2.24, 2.45) is 0 Å². The van der Waals surface area contributed by atoms with E-state index in [1.165, 1.54) is 4.90 Å². The van der Waals surface area contributed by atoms with E-state index < -0.39 is 32.5 Å². The minimum atomic E-state index is -9.93. The first-order valence-electron chi connectivity index (χ1n) is 12.6. The molecule has 0 bridgehead atoms. The first kappa shape index (κ1) is 27.6. The number of H-pyrrole nitrogens is 1. The standard InChI is InChI=1S/C25H29F6N5O2S/c1-38-16-4-2-15(3-5-16)23-34-22-21(19(26)13-33-24(22)35-23)14-8-10-36(11-9-14)25(37)18-7-6-17(12-20(18)32)39(27,28,29,30)31/h6-7,12-16H,2-5,8-11,32H2,1H3,(H,33,34,35)/t15-,16-. The molecule has 0 atom stereocenters. The van der Waals surface area contributed by atoms with Crippen LogP contribution in [0, 0.1) is 5.82 Å². The molecule has 3 heterocycles. The summed E-state index contributed by atoms with van der Waals surface area (Å²) < 4.78 is 86.0. The van der Waals surface area contributed by atoms with Gasteiger partial charge in [0.05, 0.1) is 17.9 Å². The monoisotopic (exact) mass is 577 g/mol. The van der Waals surface area contributed by atoms with Crippen LogP contribution in [-0.2, 0) is 4.74 Å². The molecular formula is C25H29F6N5O2S. The summed E-state index contributed by atoms with van der Waals surface area (Å²) in [6.07, 6.45) is 5.72. The Hall–Kier alpha value is -3.00. The van der Waals surface area contributed by atoms with Crippen molar-refractivity contribution in [3.63, 3.8) is 0 Å². The van der Waals surface area contributed by atoms with E-state index in [2.05, 4.69) is 9.97 Å². The molecule has 1 aromatic carbocycles. The number of aromatic amines is 1. The van der Waals surface area contributed by atoms with Gasteiger partial charge >= 0.3 is 10.2 Å².